The first-order chi connectivity index (χ1) is 13.9. The first-order valence-corrected chi connectivity index (χ1v) is 10.8. The molecule has 0 amide bonds. The molecule has 1 saturated carbocycles. The van der Waals surface area contributed by atoms with Gasteiger partial charge in [0.05, 0.1) is 24.4 Å². The highest BCUT2D eigenvalue weighted by molar-refractivity contribution is 5.50. The molecule has 2 aliphatic rings. The Balaban J connectivity index is 1.59. The van der Waals surface area contributed by atoms with Gasteiger partial charge in [-0.1, -0.05) is 32.0 Å². The van der Waals surface area contributed by atoms with E-state index in [9.17, 15) is 10.2 Å². The van der Waals surface area contributed by atoms with Gasteiger partial charge in [-0.3, -0.25) is 0 Å². The number of hydrogen-bond acceptors (Lipinski definition) is 6. The molecule has 0 spiro atoms. The smallest absolute Gasteiger partial charge is 0.225 e. The molecule has 3 N–H and O–H groups in total. The van der Waals surface area contributed by atoms with E-state index in [1.165, 1.54) is 24.0 Å². The van der Waals surface area contributed by atoms with E-state index < -0.39 is 6.10 Å². The van der Waals surface area contributed by atoms with E-state index in [1.807, 2.05) is 13.0 Å². The van der Waals surface area contributed by atoms with Crippen molar-refractivity contribution in [2.24, 2.45) is 5.92 Å². The molecular weight excluding hydrogens is 364 g/mol. The number of aliphatic hydroxyl groups excluding tert-OH is 2. The van der Waals surface area contributed by atoms with Gasteiger partial charge in [-0.2, -0.15) is 4.98 Å². The lowest BCUT2D eigenvalue weighted by Crippen LogP contribution is -2.33. The SMILES string of the molecule is CC(C)[C@H](CO)Nc1nc(C2CC2)cc(N2CCc3cc([C@H](C)O)ccc3C2)n1. The third-order valence-electron chi connectivity index (χ3n) is 6.09. The summed E-state index contributed by atoms with van der Waals surface area (Å²) in [6, 6.07) is 8.37. The van der Waals surface area contributed by atoms with Gasteiger partial charge in [-0.15, -0.1) is 0 Å². The Morgan fingerprint density at radius 2 is 1.93 bits per heavy atom. The van der Waals surface area contributed by atoms with Gasteiger partial charge in [0.1, 0.15) is 5.82 Å². The van der Waals surface area contributed by atoms with Crippen molar-refractivity contribution in [3.8, 4) is 0 Å². The summed E-state index contributed by atoms with van der Waals surface area (Å²) in [5, 5.41) is 22.9. The molecule has 2 atom stereocenters. The van der Waals surface area contributed by atoms with Crippen molar-refractivity contribution in [2.45, 2.75) is 64.6 Å². The summed E-state index contributed by atoms with van der Waals surface area (Å²) in [5.74, 6) is 2.40. The molecule has 1 aromatic carbocycles. The number of rotatable bonds is 7. The number of nitrogens with one attached hydrogen (secondary N) is 1. The molecule has 6 nitrogen and oxygen atoms in total. The van der Waals surface area contributed by atoms with Crippen LogP contribution in [-0.4, -0.2) is 39.4 Å². The maximum absolute atomic E-state index is 9.85. The van der Waals surface area contributed by atoms with Gasteiger partial charge in [0.25, 0.3) is 0 Å². The highest BCUT2D eigenvalue weighted by Gasteiger charge is 2.28. The van der Waals surface area contributed by atoms with Crippen LogP contribution in [0.5, 0.6) is 0 Å². The number of anilines is 2. The third kappa shape index (κ3) is 4.54. The Morgan fingerprint density at radius 3 is 2.59 bits per heavy atom. The Kier molecular flexibility index (Phi) is 5.74. The average molecular weight is 397 g/mol. The second-order valence-electron chi connectivity index (χ2n) is 8.80. The molecule has 1 aliphatic carbocycles. The predicted octanol–water partition coefficient (Wildman–Crippen LogP) is 3.40. The summed E-state index contributed by atoms with van der Waals surface area (Å²) in [7, 11) is 0. The topological polar surface area (TPSA) is 81.5 Å². The molecule has 0 bridgehead atoms. The van der Waals surface area contributed by atoms with Gasteiger partial charge in [-0.05, 0) is 48.8 Å². The minimum atomic E-state index is -0.435. The number of fused-ring (bicyclic) bond motifs is 1. The first kappa shape index (κ1) is 20.1. The van der Waals surface area contributed by atoms with Gasteiger partial charge >= 0.3 is 0 Å². The van der Waals surface area contributed by atoms with Crippen LogP contribution in [0.15, 0.2) is 24.3 Å². The minimum Gasteiger partial charge on any atom is -0.394 e. The number of hydrogen-bond donors (Lipinski definition) is 3. The van der Waals surface area contributed by atoms with Crippen LogP contribution in [0.3, 0.4) is 0 Å². The monoisotopic (exact) mass is 396 g/mol. The molecule has 1 aliphatic heterocycles. The Labute approximate surface area is 173 Å². The fourth-order valence-corrected chi connectivity index (χ4v) is 3.88. The normalized spacial score (nSPS) is 18.5. The second-order valence-corrected chi connectivity index (χ2v) is 8.80. The lowest BCUT2D eigenvalue weighted by atomic mass is 9.96. The van der Waals surface area contributed by atoms with Crippen LogP contribution in [0, 0.1) is 5.92 Å². The van der Waals surface area contributed by atoms with Crippen LogP contribution >= 0.6 is 0 Å². The van der Waals surface area contributed by atoms with Gasteiger partial charge < -0.3 is 20.4 Å². The number of benzene rings is 1. The van der Waals surface area contributed by atoms with E-state index in [-0.39, 0.29) is 12.6 Å². The maximum Gasteiger partial charge on any atom is 0.225 e. The summed E-state index contributed by atoms with van der Waals surface area (Å²) in [5.41, 5.74) is 4.69. The summed E-state index contributed by atoms with van der Waals surface area (Å²) < 4.78 is 0. The Bertz CT molecular complexity index is 864. The average Bonchev–Trinajstić information content (AvgIpc) is 3.56. The molecule has 2 heterocycles. The van der Waals surface area contributed by atoms with E-state index >= 15 is 0 Å². The summed E-state index contributed by atoms with van der Waals surface area (Å²) in [6.45, 7) is 7.74. The van der Waals surface area contributed by atoms with Crippen molar-refractivity contribution in [2.75, 3.05) is 23.4 Å². The van der Waals surface area contributed by atoms with E-state index in [0.717, 1.165) is 36.6 Å². The Hall–Kier alpha value is -2.18. The van der Waals surface area contributed by atoms with Gasteiger partial charge in [0.2, 0.25) is 5.95 Å². The molecule has 4 rings (SSSR count). The zero-order chi connectivity index (χ0) is 20.5. The van der Waals surface area contributed by atoms with Crippen LogP contribution in [-0.2, 0) is 13.0 Å². The van der Waals surface area contributed by atoms with E-state index in [0.29, 0.717) is 17.8 Å². The van der Waals surface area contributed by atoms with Crippen molar-refractivity contribution < 1.29 is 10.2 Å². The molecule has 0 unspecified atom stereocenters. The second kappa shape index (κ2) is 8.28. The lowest BCUT2D eigenvalue weighted by Gasteiger charge is -2.31. The largest absolute Gasteiger partial charge is 0.394 e. The van der Waals surface area contributed by atoms with Crippen LogP contribution in [0.4, 0.5) is 11.8 Å². The molecular formula is C23H32N4O2. The number of aliphatic hydroxyl groups is 2. The molecule has 2 aromatic rings. The maximum atomic E-state index is 9.85. The fourth-order valence-electron chi connectivity index (χ4n) is 3.88. The van der Waals surface area contributed by atoms with E-state index in [4.69, 9.17) is 9.97 Å². The molecule has 0 saturated heterocycles. The van der Waals surface area contributed by atoms with Crippen LogP contribution in [0.2, 0.25) is 0 Å². The van der Waals surface area contributed by atoms with E-state index in [2.05, 4.69) is 42.3 Å². The third-order valence-corrected chi connectivity index (χ3v) is 6.09. The Morgan fingerprint density at radius 1 is 1.14 bits per heavy atom. The summed E-state index contributed by atoms with van der Waals surface area (Å²) >= 11 is 0. The van der Waals surface area contributed by atoms with Crippen molar-refractivity contribution in [1.29, 1.82) is 0 Å². The standard InChI is InChI=1S/C23H32N4O2/c1-14(2)21(13-28)25-23-24-20(16-4-5-16)11-22(26-23)27-9-8-18-10-17(15(3)29)6-7-19(18)12-27/h6-7,10-11,14-16,21,28-29H,4-5,8-9,12-13H2,1-3H3,(H,24,25,26)/t15-,21-/m0/s1. The van der Waals surface area contributed by atoms with Crippen LogP contribution in [0.1, 0.15) is 68.0 Å². The molecule has 0 radical (unpaired) electrons. The zero-order valence-corrected chi connectivity index (χ0v) is 17.6. The van der Waals surface area contributed by atoms with Crippen molar-refractivity contribution in [1.82, 2.24) is 9.97 Å². The van der Waals surface area contributed by atoms with E-state index in [1.54, 1.807) is 0 Å². The molecule has 6 heteroatoms. The number of nitrogens with zero attached hydrogens (tertiary/aromatic N) is 3. The van der Waals surface area contributed by atoms with Gasteiger partial charge in [0.15, 0.2) is 0 Å². The summed E-state index contributed by atoms with van der Waals surface area (Å²) in [6.07, 6.45) is 2.88. The molecule has 1 fully saturated rings. The molecule has 156 valence electrons. The minimum absolute atomic E-state index is 0.0572. The summed E-state index contributed by atoms with van der Waals surface area (Å²) in [4.78, 5) is 11.9. The fraction of sp³-hybridized carbons (Fsp3) is 0.565. The quantitative estimate of drug-likeness (QED) is 0.666. The van der Waals surface area contributed by atoms with Crippen molar-refractivity contribution in [3.63, 3.8) is 0 Å². The highest BCUT2D eigenvalue weighted by atomic mass is 16.3. The van der Waals surface area contributed by atoms with Crippen molar-refractivity contribution >= 4 is 11.8 Å². The van der Waals surface area contributed by atoms with Crippen molar-refractivity contribution in [3.05, 3.63) is 46.6 Å². The van der Waals surface area contributed by atoms with Gasteiger partial charge in [0, 0.05) is 25.1 Å². The predicted molar refractivity (Wildman–Crippen MR) is 115 cm³/mol. The van der Waals surface area contributed by atoms with Gasteiger partial charge in [-0.25, -0.2) is 4.98 Å². The lowest BCUT2D eigenvalue weighted by molar-refractivity contribution is 0.199. The molecule has 1 aromatic heterocycles. The van der Waals surface area contributed by atoms with Crippen LogP contribution in [0.25, 0.3) is 0 Å². The first-order valence-electron chi connectivity index (χ1n) is 10.8. The molecule has 29 heavy (non-hydrogen) atoms. The highest BCUT2D eigenvalue weighted by Crippen LogP contribution is 2.40. The zero-order valence-electron chi connectivity index (χ0n) is 17.6. The number of aromatic nitrogens is 2. The van der Waals surface area contributed by atoms with Crippen LogP contribution < -0.4 is 10.2 Å².